The van der Waals surface area contributed by atoms with E-state index in [-0.39, 0.29) is 5.15 Å². The highest BCUT2D eigenvalue weighted by atomic mass is 35.5. The van der Waals surface area contributed by atoms with Crippen LogP contribution in [0.25, 0.3) is 22.6 Å². The second kappa shape index (κ2) is 3.57. The zero-order valence-electron chi connectivity index (χ0n) is 8.09. The summed E-state index contributed by atoms with van der Waals surface area (Å²) in [5.74, 6) is 0.521. The van der Waals surface area contributed by atoms with Crippen molar-refractivity contribution >= 4 is 22.7 Å². The van der Waals surface area contributed by atoms with Gasteiger partial charge >= 0.3 is 0 Å². The number of rotatable bonds is 1. The molecule has 0 unspecified atom stereocenters. The molecule has 2 aromatic heterocycles. The standard InChI is InChI=1S/C11H6ClN3O/c12-10-9-8(6-13-15-10)14-11(16-9)7-4-2-1-3-5-7/h1-6H. The van der Waals surface area contributed by atoms with Crippen LogP contribution >= 0.6 is 11.6 Å². The van der Waals surface area contributed by atoms with Crippen LogP contribution < -0.4 is 0 Å². The maximum absolute atomic E-state index is 5.85. The van der Waals surface area contributed by atoms with E-state index in [4.69, 9.17) is 16.0 Å². The van der Waals surface area contributed by atoms with E-state index in [1.165, 1.54) is 6.20 Å². The summed E-state index contributed by atoms with van der Waals surface area (Å²) >= 11 is 5.85. The quantitative estimate of drug-likeness (QED) is 0.646. The van der Waals surface area contributed by atoms with Crippen LogP contribution in [0.4, 0.5) is 0 Å². The summed E-state index contributed by atoms with van der Waals surface area (Å²) in [5, 5.41) is 7.64. The lowest BCUT2D eigenvalue weighted by Gasteiger charge is -1.91. The number of hydrogen-bond donors (Lipinski definition) is 0. The lowest BCUT2D eigenvalue weighted by atomic mass is 10.2. The molecule has 0 atom stereocenters. The van der Waals surface area contributed by atoms with E-state index in [0.717, 1.165) is 5.56 Å². The summed E-state index contributed by atoms with van der Waals surface area (Å²) in [6.45, 7) is 0. The van der Waals surface area contributed by atoms with Crippen LogP contribution in [0.2, 0.25) is 5.15 Å². The van der Waals surface area contributed by atoms with Gasteiger partial charge in [-0.1, -0.05) is 29.8 Å². The Kier molecular flexibility index (Phi) is 2.08. The van der Waals surface area contributed by atoms with Crippen molar-refractivity contribution in [2.75, 3.05) is 0 Å². The highest BCUT2D eigenvalue weighted by molar-refractivity contribution is 6.33. The Morgan fingerprint density at radius 1 is 1.12 bits per heavy atom. The first-order valence-corrected chi connectivity index (χ1v) is 5.05. The van der Waals surface area contributed by atoms with Crippen molar-refractivity contribution in [2.45, 2.75) is 0 Å². The fraction of sp³-hybridized carbons (Fsp3) is 0. The van der Waals surface area contributed by atoms with Gasteiger partial charge in [-0.25, -0.2) is 4.98 Å². The number of oxazole rings is 1. The first-order chi connectivity index (χ1) is 7.84. The molecule has 0 aliphatic carbocycles. The van der Waals surface area contributed by atoms with Gasteiger partial charge in [0, 0.05) is 5.56 Å². The molecule has 0 saturated carbocycles. The summed E-state index contributed by atoms with van der Waals surface area (Å²) in [4.78, 5) is 4.29. The van der Waals surface area contributed by atoms with Crippen molar-refractivity contribution < 1.29 is 4.42 Å². The summed E-state index contributed by atoms with van der Waals surface area (Å²) in [6, 6.07) is 9.60. The third-order valence-electron chi connectivity index (χ3n) is 2.19. The first kappa shape index (κ1) is 9.30. The third-order valence-corrected chi connectivity index (χ3v) is 2.43. The molecular formula is C11H6ClN3O. The average Bonchev–Trinajstić information content (AvgIpc) is 2.76. The number of halogens is 1. The maximum atomic E-state index is 5.85. The van der Waals surface area contributed by atoms with Gasteiger partial charge in [-0.05, 0) is 12.1 Å². The van der Waals surface area contributed by atoms with Crippen molar-refractivity contribution in [1.82, 2.24) is 15.2 Å². The van der Waals surface area contributed by atoms with Crippen LogP contribution in [-0.4, -0.2) is 15.2 Å². The Hall–Kier alpha value is -1.94. The molecule has 0 N–H and O–H groups in total. The molecule has 0 fully saturated rings. The molecule has 0 amide bonds. The third kappa shape index (κ3) is 1.44. The summed E-state index contributed by atoms with van der Waals surface area (Å²) in [7, 11) is 0. The van der Waals surface area contributed by atoms with E-state index >= 15 is 0 Å². The van der Waals surface area contributed by atoms with Crippen LogP contribution in [0.1, 0.15) is 0 Å². The number of benzene rings is 1. The Labute approximate surface area is 95.9 Å². The largest absolute Gasteiger partial charge is 0.433 e. The Morgan fingerprint density at radius 2 is 1.94 bits per heavy atom. The van der Waals surface area contributed by atoms with Crippen molar-refractivity contribution in [3.63, 3.8) is 0 Å². The monoisotopic (exact) mass is 231 g/mol. The molecular weight excluding hydrogens is 226 g/mol. The molecule has 3 aromatic rings. The summed E-state index contributed by atoms with van der Waals surface area (Å²) in [5.41, 5.74) is 1.98. The number of nitrogens with zero attached hydrogens (tertiary/aromatic N) is 3. The molecule has 0 spiro atoms. The van der Waals surface area contributed by atoms with Gasteiger partial charge in [0.2, 0.25) is 5.89 Å². The van der Waals surface area contributed by atoms with Gasteiger partial charge in [0.1, 0.15) is 5.52 Å². The molecule has 3 rings (SSSR count). The van der Waals surface area contributed by atoms with Crippen LogP contribution in [0, 0.1) is 0 Å². The van der Waals surface area contributed by atoms with E-state index < -0.39 is 0 Å². The molecule has 0 bridgehead atoms. The fourth-order valence-electron chi connectivity index (χ4n) is 1.45. The molecule has 5 heteroatoms. The molecule has 0 aliphatic rings. The van der Waals surface area contributed by atoms with Gasteiger partial charge < -0.3 is 4.42 Å². The lowest BCUT2D eigenvalue weighted by Crippen LogP contribution is -1.80. The van der Waals surface area contributed by atoms with Gasteiger partial charge in [-0.2, -0.15) is 5.10 Å². The maximum Gasteiger partial charge on any atom is 0.227 e. The minimum absolute atomic E-state index is 0.229. The van der Waals surface area contributed by atoms with Gasteiger partial charge in [0.15, 0.2) is 10.7 Å². The molecule has 2 heterocycles. The van der Waals surface area contributed by atoms with E-state index in [0.29, 0.717) is 17.0 Å². The zero-order chi connectivity index (χ0) is 11.0. The average molecular weight is 232 g/mol. The van der Waals surface area contributed by atoms with Crippen molar-refractivity contribution in [3.05, 3.63) is 41.7 Å². The van der Waals surface area contributed by atoms with Crippen LogP contribution in [0.5, 0.6) is 0 Å². The normalized spacial score (nSPS) is 10.8. The number of aromatic nitrogens is 3. The second-order valence-electron chi connectivity index (χ2n) is 3.23. The topological polar surface area (TPSA) is 51.8 Å². The molecule has 0 aliphatic heterocycles. The Bertz CT molecular complexity index is 636. The highest BCUT2D eigenvalue weighted by Crippen LogP contribution is 2.26. The van der Waals surface area contributed by atoms with E-state index in [2.05, 4.69) is 15.2 Å². The SMILES string of the molecule is Clc1nncc2nc(-c3ccccc3)oc12. The number of hydrogen-bond acceptors (Lipinski definition) is 4. The van der Waals surface area contributed by atoms with Crippen LogP contribution in [-0.2, 0) is 0 Å². The molecule has 4 nitrogen and oxygen atoms in total. The highest BCUT2D eigenvalue weighted by Gasteiger charge is 2.11. The smallest absolute Gasteiger partial charge is 0.227 e. The van der Waals surface area contributed by atoms with Crippen molar-refractivity contribution in [3.8, 4) is 11.5 Å². The van der Waals surface area contributed by atoms with Gasteiger partial charge in [-0.15, -0.1) is 5.10 Å². The Balaban J connectivity index is 2.23. The molecule has 0 radical (unpaired) electrons. The zero-order valence-corrected chi connectivity index (χ0v) is 8.85. The van der Waals surface area contributed by atoms with Gasteiger partial charge in [-0.3, -0.25) is 0 Å². The second-order valence-corrected chi connectivity index (χ2v) is 3.59. The van der Waals surface area contributed by atoms with Crippen LogP contribution in [0.3, 0.4) is 0 Å². The van der Waals surface area contributed by atoms with E-state index in [1.807, 2.05) is 30.3 Å². The van der Waals surface area contributed by atoms with Crippen molar-refractivity contribution in [2.24, 2.45) is 0 Å². The minimum atomic E-state index is 0.229. The van der Waals surface area contributed by atoms with Gasteiger partial charge in [0.05, 0.1) is 6.20 Å². The van der Waals surface area contributed by atoms with Crippen molar-refractivity contribution in [1.29, 1.82) is 0 Å². The lowest BCUT2D eigenvalue weighted by molar-refractivity contribution is 0.617. The van der Waals surface area contributed by atoms with E-state index in [9.17, 15) is 0 Å². The Morgan fingerprint density at radius 3 is 2.69 bits per heavy atom. The minimum Gasteiger partial charge on any atom is -0.433 e. The summed E-state index contributed by atoms with van der Waals surface area (Å²) < 4.78 is 5.54. The van der Waals surface area contributed by atoms with E-state index in [1.54, 1.807) is 0 Å². The molecule has 16 heavy (non-hydrogen) atoms. The fourth-order valence-corrected chi connectivity index (χ4v) is 1.63. The number of fused-ring (bicyclic) bond motifs is 1. The molecule has 1 aromatic carbocycles. The summed E-state index contributed by atoms with van der Waals surface area (Å²) in [6.07, 6.45) is 1.52. The predicted molar refractivity (Wildman–Crippen MR) is 60.0 cm³/mol. The molecule has 0 saturated heterocycles. The van der Waals surface area contributed by atoms with Gasteiger partial charge in [0.25, 0.3) is 0 Å². The first-order valence-electron chi connectivity index (χ1n) is 4.68. The van der Waals surface area contributed by atoms with Crippen LogP contribution in [0.15, 0.2) is 40.9 Å². The predicted octanol–water partition coefficient (Wildman–Crippen LogP) is 2.94. The molecule has 78 valence electrons.